The van der Waals surface area contributed by atoms with Crippen LogP contribution in [0.2, 0.25) is 0 Å². The van der Waals surface area contributed by atoms with Crippen molar-refractivity contribution in [1.29, 1.82) is 0 Å². The maximum atomic E-state index is 13.2. The van der Waals surface area contributed by atoms with E-state index in [4.69, 9.17) is 4.74 Å². The van der Waals surface area contributed by atoms with Crippen LogP contribution in [0, 0.1) is 0 Å². The van der Waals surface area contributed by atoms with Crippen LogP contribution >= 0.6 is 24.8 Å². The number of hydrogen-bond acceptors (Lipinski definition) is 5. The zero-order valence-corrected chi connectivity index (χ0v) is 18.6. The highest BCUT2D eigenvalue weighted by atomic mass is 35.5. The SMILES string of the molecule is CC(C)OCCN1CCC(NC(=O)C2(n3cccn3)CCNCC2)CC1.Cl.Cl. The molecule has 2 aliphatic heterocycles. The molecule has 2 fully saturated rings. The van der Waals surface area contributed by atoms with Crippen LogP contribution in [0.15, 0.2) is 18.5 Å². The number of nitrogens with one attached hydrogen (secondary N) is 2. The fourth-order valence-electron chi connectivity index (χ4n) is 3.96. The van der Waals surface area contributed by atoms with E-state index in [0.717, 1.165) is 65.0 Å². The summed E-state index contributed by atoms with van der Waals surface area (Å²) in [4.78, 5) is 15.6. The molecule has 0 radical (unpaired) electrons. The number of rotatable bonds is 7. The van der Waals surface area contributed by atoms with E-state index in [9.17, 15) is 4.79 Å². The Kier molecular flexibility index (Phi) is 10.8. The van der Waals surface area contributed by atoms with Crippen molar-refractivity contribution in [1.82, 2.24) is 25.3 Å². The first-order chi connectivity index (χ1) is 12.6. The predicted molar refractivity (Wildman–Crippen MR) is 115 cm³/mol. The van der Waals surface area contributed by atoms with Crippen LogP contribution in [-0.2, 0) is 15.1 Å². The van der Waals surface area contributed by atoms with Crippen molar-refractivity contribution in [3.8, 4) is 0 Å². The Hall–Kier alpha value is -0.860. The molecule has 2 aliphatic rings. The van der Waals surface area contributed by atoms with Crippen LogP contribution < -0.4 is 10.6 Å². The van der Waals surface area contributed by atoms with Crippen LogP contribution in [-0.4, -0.2) is 72.1 Å². The quantitative estimate of drug-likeness (QED) is 0.682. The second kappa shape index (κ2) is 12.0. The summed E-state index contributed by atoms with van der Waals surface area (Å²) in [5.74, 6) is 0.129. The largest absolute Gasteiger partial charge is 0.377 e. The molecule has 0 aliphatic carbocycles. The van der Waals surface area contributed by atoms with E-state index in [1.165, 1.54) is 0 Å². The van der Waals surface area contributed by atoms with Crippen LogP contribution in [0.1, 0.15) is 39.5 Å². The fourth-order valence-corrected chi connectivity index (χ4v) is 3.96. The third-order valence-corrected chi connectivity index (χ3v) is 5.58. The first-order valence-corrected chi connectivity index (χ1v) is 9.96. The smallest absolute Gasteiger partial charge is 0.248 e. The van der Waals surface area contributed by atoms with E-state index in [1.54, 1.807) is 6.20 Å². The Balaban J connectivity index is 0.00000196. The number of hydrogen-bond donors (Lipinski definition) is 2. The van der Waals surface area contributed by atoms with E-state index in [-0.39, 0.29) is 42.9 Å². The van der Waals surface area contributed by atoms with Gasteiger partial charge in [0, 0.05) is 38.1 Å². The van der Waals surface area contributed by atoms with Gasteiger partial charge in [0.05, 0.1) is 12.7 Å². The Morgan fingerprint density at radius 2 is 1.96 bits per heavy atom. The molecule has 3 heterocycles. The molecular formula is C19H35Cl2N5O2. The van der Waals surface area contributed by atoms with Crippen LogP contribution in [0.5, 0.6) is 0 Å². The number of halogens is 2. The molecule has 9 heteroatoms. The third-order valence-electron chi connectivity index (χ3n) is 5.58. The topological polar surface area (TPSA) is 71.4 Å². The minimum absolute atomic E-state index is 0. The Morgan fingerprint density at radius 3 is 2.54 bits per heavy atom. The summed E-state index contributed by atoms with van der Waals surface area (Å²) in [7, 11) is 0. The molecule has 28 heavy (non-hydrogen) atoms. The lowest BCUT2D eigenvalue weighted by Crippen LogP contribution is -2.57. The van der Waals surface area contributed by atoms with Gasteiger partial charge in [0.15, 0.2) is 0 Å². The van der Waals surface area contributed by atoms with Gasteiger partial charge in [0.2, 0.25) is 5.91 Å². The number of ether oxygens (including phenoxy) is 1. The summed E-state index contributed by atoms with van der Waals surface area (Å²) in [5.41, 5.74) is -0.545. The van der Waals surface area contributed by atoms with Gasteiger partial charge in [0.25, 0.3) is 0 Å². The number of carbonyl (C=O) groups is 1. The standard InChI is InChI=1S/C19H33N5O2.2ClH/c1-16(2)26-15-14-23-12-4-17(5-13-23)22-18(25)19(6-9-20-10-7-19)24-11-3-8-21-24;;/h3,8,11,16-17,20H,4-7,9-10,12-15H2,1-2H3,(H,22,25);2*1H. The van der Waals surface area contributed by atoms with Crippen molar-refractivity contribution < 1.29 is 9.53 Å². The number of amides is 1. The van der Waals surface area contributed by atoms with Gasteiger partial charge in [0.1, 0.15) is 5.54 Å². The molecule has 3 rings (SSSR count). The maximum absolute atomic E-state index is 13.2. The number of likely N-dealkylation sites (tertiary alicyclic amines) is 1. The summed E-state index contributed by atoms with van der Waals surface area (Å²) in [6, 6.07) is 2.15. The number of piperidine rings is 2. The van der Waals surface area contributed by atoms with Crippen LogP contribution in [0.4, 0.5) is 0 Å². The lowest BCUT2D eigenvalue weighted by molar-refractivity contribution is -0.133. The highest BCUT2D eigenvalue weighted by Crippen LogP contribution is 2.28. The molecule has 0 saturated carbocycles. The summed E-state index contributed by atoms with van der Waals surface area (Å²) < 4.78 is 7.51. The second-order valence-electron chi connectivity index (χ2n) is 7.74. The van der Waals surface area contributed by atoms with Crippen LogP contribution in [0.3, 0.4) is 0 Å². The highest BCUT2D eigenvalue weighted by molar-refractivity contribution is 5.86. The highest BCUT2D eigenvalue weighted by Gasteiger charge is 2.42. The first kappa shape index (κ1) is 25.2. The van der Waals surface area contributed by atoms with Crippen molar-refractivity contribution in [3.63, 3.8) is 0 Å². The second-order valence-corrected chi connectivity index (χ2v) is 7.74. The summed E-state index contributed by atoms with van der Waals surface area (Å²) >= 11 is 0. The summed E-state index contributed by atoms with van der Waals surface area (Å²) in [6.45, 7) is 9.62. The molecule has 0 unspecified atom stereocenters. The van der Waals surface area contributed by atoms with Gasteiger partial charge < -0.3 is 20.3 Å². The summed E-state index contributed by atoms with van der Waals surface area (Å²) in [6.07, 6.45) is 7.53. The van der Waals surface area contributed by atoms with Crippen molar-refractivity contribution in [3.05, 3.63) is 18.5 Å². The molecular weight excluding hydrogens is 401 g/mol. The van der Waals surface area contributed by atoms with Gasteiger partial charge in [-0.1, -0.05) is 0 Å². The average molecular weight is 436 g/mol. The van der Waals surface area contributed by atoms with Gasteiger partial charge in [-0.25, -0.2) is 0 Å². The Bertz CT molecular complexity index is 557. The normalized spacial score (nSPS) is 20.2. The zero-order chi connectivity index (χ0) is 18.4. The number of carbonyl (C=O) groups excluding carboxylic acids is 1. The average Bonchev–Trinajstić information content (AvgIpc) is 3.18. The van der Waals surface area contributed by atoms with Crippen molar-refractivity contribution >= 4 is 30.7 Å². The predicted octanol–water partition coefficient (Wildman–Crippen LogP) is 1.81. The minimum atomic E-state index is -0.545. The van der Waals surface area contributed by atoms with Gasteiger partial charge in [-0.2, -0.15) is 5.10 Å². The molecule has 1 aromatic heterocycles. The van der Waals surface area contributed by atoms with Crippen molar-refractivity contribution in [2.24, 2.45) is 0 Å². The molecule has 7 nitrogen and oxygen atoms in total. The van der Waals surface area contributed by atoms with Crippen molar-refractivity contribution in [2.45, 2.75) is 57.2 Å². The summed E-state index contributed by atoms with van der Waals surface area (Å²) in [5, 5.41) is 11.1. The van der Waals surface area contributed by atoms with E-state index in [2.05, 4.69) is 34.5 Å². The number of nitrogens with zero attached hydrogens (tertiary/aromatic N) is 3. The lowest BCUT2D eigenvalue weighted by Gasteiger charge is -2.39. The van der Waals surface area contributed by atoms with Crippen LogP contribution in [0.25, 0.3) is 0 Å². The Morgan fingerprint density at radius 1 is 1.29 bits per heavy atom. The lowest BCUT2D eigenvalue weighted by atomic mass is 9.86. The molecule has 0 aromatic carbocycles. The van der Waals surface area contributed by atoms with Gasteiger partial charge >= 0.3 is 0 Å². The molecule has 0 bridgehead atoms. The molecule has 2 N–H and O–H groups in total. The van der Waals surface area contributed by atoms with Gasteiger partial charge in [-0.3, -0.25) is 9.48 Å². The molecule has 1 aromatic rings. The van der Waals surface area contributed by atoms with E-state index in [0.29, 0.717) is 0 Å². The monoisotopic (exact) mass is 435 g/mol. The van der Waals surface area contributed by atoms with E-state index < -0.39 is 5.54 Å². The zero-order valence-electron chi connectivity index (χ0n) is 16.9. The van der Waals surface area contributed by atoms with Gasteiger partial charge in [-0.05, 0) is 58.7 Å². The fraction of sp³-hybridized carbons (Fsp3) is 0.789. The van der Waals surface area contributed by atoms with E-state index >= 15 is 0 Å². The van der Waals surface area contributed by atoms with Gasteiger partial charge in [-0.15, -0.1) is 24.8 Å². The number of aromatic nitrogens is 2. The first-order valence-electron chi connectivity index (χ1n) is 9.96. The van der Waals surface area contributed by atoms with E-state index in [1.807, 2.05) is 16.9 Å². The molecule has 1 amide bonds. The van der Waals surface area contributed by atoms with Crippen molar-refractivity contribution in [2.75, 3.05) is 39.3 Å². The minimum Gasteiger partial charge on any atom is -0.377 e. The Labute approximate surface area is 180 Å². The molecule has 0 atom stereocenters. The third kappa shape index (κ3) is 6.32. The maximum Gasteiger partial charge on any atom is 0.248 e. The molecule has 162 valence electrons. The molecule has 2 saturated heterocycles. The molecule has 0 spiro atoms.